The molecule has 2 aromatic carbocycles. The van der Waals surface area contributed by atoms with Crippen molar-refractivity contribution in [1.82, 2.24) is 5.32 Å². The number of hydrogen-bond donors (Lipinski definition) is 2. The molecule has 8 heteroatoms. The number of ether oxygens (including phenoxy) is 1. The SMILES string of the molecule is O=C(CNc1cccc(C(F)(F)F)c1)NCc1cccc(COCc2ccco2)c1. The molecule has 1 amide bonds. The first kappa shape index (κ1) is 21.4. The summed E-state index contributed by atoms with van der Waals surface area (Å²) in [6.07, 6.45) is -2.84. The quantitative estimate of drug-likeness (QED) is 0.527. The number of halogens is 3. The first-order chi connectivity index (χ1) is 14.4. The number of carbonyl (C=O) groups is 1. The predicted molar refractivity (Wildman–Crippen MR) is 105 cm³/mol. The Morgan fingerprint density at radius 1 is 0.967 bits per heavy atom. The van der Waals surface area contributed by atoms with Gasteiger partial charge < -0.3 is 19.8 Å². The van der Waals surface area contributed by atoms with Gasteiger partial charge in [0.05, 0.1) is 25.0 Å². The molecule has 0 aliphatic heterocycles. The minimum atomic E-state index is -4.42. The lowest BCUT2D eigenvalue weighted by atomic mass is 10.1. The van der Waals surface area contributed by atoms with Crippen molar-refractivity contribution in [2.75, 3.05) is 11.9 Å². The fourth-order valence-electron chi connectivity index (χ4n) is 2.74. The van der Waals surface area contributed by atoms with Gasteiger partial charge >= 0.3 is 6.18 Å². The molecule has 0 spiro atoms. The molecule has 30 heavy (non-hydrogen) atoms. The minimum absolute atomic E-state index is 0.132. The number of amides is 1. The molecule has 0 aliphatic rings. The zero-order valence-electron chi connectivity index (χ0n) is 16.0. The van der Waals surface area contributed by atoms with E-state index >= 15 is 0 Å². The maximum atomic E-state index is 12.7. The fourth-order valence-corrected chi connectivity index (χ4v) is 2.74. The second-order valence-electron chi connectivity index (χ2n) is 6.60. The summed E-state index contributed by atoms with van der Waals surface area (Å²) in [6, 6.07) is 15.9. The van der Waals surface area contributed by atoms with Gasteiger partial charge in [-0.3, -0.25) is 4.79 Å². The third-order valence-corrected chi connectivity index (χ3v) is 4.22. The lowest BCUT2D eigenvalue weighted by Gasteiger charge is -2.11. The molecule has 0 unspecified atom stereocenters. The molecule has 0 bridgehead atoms. The molecule has 5 nitrogen and oxygen atoms in total. The lowest BCUT2D eigenvalue weighted by molar-refractivity contribution is -0.137. The number of rotatable bonds is 9. The normalized spacial score (nSPS) is 11.3. The van der Waals surface area contributed by atoms with Gasteiger partial charge in [-0.05, 0) is 41.5 Å². The van der Waals surface area contributed by atoms with E-state index in [1.165, 1.54) is 12.1 Å². The van der Waals surface area contributed by atoms with Gasteiger partial charge in [-0.2, -0.15) is 13.2 Å². The zero-order valence-corrected chi connectivity index (χ0v) is 16.0. The van der Waals surface area contributed by atoms with Crippen molar-refractivity contribution in [3.05, 3.63) is 89.4 Å². The van der Waals surface area contributed by atoms with Crippen molar-refractivity contribution in [2.45, 2.75) is 25.9 Å². The highest BCUT2D eigenvalue weighted by molar-refractivity contribution is 5.80. The van der Waals surface area contributed by atoms with Crippen molar-refractivity contribution in [3.8, 4) is 0 Å². The van der Waals surface area contributed by atoms with Crippen LogP contribution in [0.15, 0.2) is 71.3 Å². The molecule has 0 saturated carbocycles. The molecule has 0 fully saturated rings. The summed E-state index contributed by atoms with van der Waals surface area (Å²) in [7, 11) is 0. The Morgan fingerprint density at radius 2 is 1.77 bits per heavy atom. The highest BCUT2D eigenvalue weighted by atomic mass is 19.4. The first-order valence-corrected chi connectivity index (χ1v) is 9.26. The summed E-state index contributed by atoms with van der Waals surface area (Å²) in [5.74, 6) is 0.415. The number of hydrogen-bond acceptors (Lipinski definition) is 4. The number of benzene rings is 2. The van der Waals surface area contributed by atoms with Gasteiger partial charge in [-0.1, -0.05) is 30.3 Å². The van der Waals surface area contributed by atoms with Gasteiger partial charge in [-0.25, -0.2) is 0 Å². The van der Waals surface area contributed by atoms with Crippen LogP contribution in [0.1, 0.15) is 22.5 Å². The maximum absolute atomic E-state index is 12.7. The molecular weight excluding hydrogens is 397 g/mol. The molecular formula is C22H21F3N2O3. The van der Waals surface area contributed by atoms with E-state index in [4.69, 9.17) is 9.15 Å². The summed E-state index contributed by atoms with van der Waals surface area (Å²) in [5.41, 5.74) is 1.31. The summed E-state index contributed by atoms with van der Waals surface area (Å²) in [6.45, 7) is 0.942. The monoisotopic (exact) mass is 418 g/mol. The van der Waals surface area contributed by atoms with Gasteiger partial charge in [0.1, 0.15) is 12.4 Å². The van der Waals surface area contributed by atoms with E-state index in [0.29, 0.717) is 19.8 Å². The Bertz CT molecular complexity index is 956. The molecule has 158 valence electrons. The van der Waals surface area contributed by atoms with E-state index in [9.17, 15) is 18.0 Å². The van der Waals surface area contributed by atoms with Crippen LogP contribution in [0.2, 0.25) is 0 Å². The number of nitrogens with one attached hydrogen (secondary N) is 2. The van der Waals surface area contributed by atoms with Crippen LogP contribution in [0.25, 0.3) is 0 Å². The second kappa shape index (κ2) is 9.98. The summed E-state index contributed by atoms with van der Waals surface area (Å²) < 4.78 is 49.0. The molecule has 2 N–H and O–H groups in total. The second-order valence-corrected chi connectivity index (χ2v) is 6.60. The van der Waals surface area contributed by atoms with Crippen LogP contribution in [0.3, 0.4) is 0 Å². The van der Waals surface area contributed by atoms with Gasteiger partial charge in [0.25, 0.3) is 0 Å². The van der Waals surface area contributed by atoms with Gasteiger partial charge in [0.2, 0.25) is 5.91 Å². The highest BCUT2D eigenvalue weighted by Crippen LogP contribution is 2.30. The third-order valence-electron chi connectivity index (χ3n) is 4.22. The minimum Gasteiger partial charge on any atom is -0.467 e. The average Bonchev–Trinajstić information content (AvgIpc) is 3.24. The van der Waals surface area contributed by atoms with E-state index in [1.807, 2.05) is 30.3 Å². The van der Waals surface area contributed by atoms with Crippen LogP contribution in [-0.2, 0) is 35.5 Å². The Kier molecular flexibility index (Phi) is 7.13. The average molecular weight is 418 g/mol. The topological polar surface area (TPSA) is 63.5 Å². The van der Waals surface area contributed by atoms with Gasteiger partial charge in [0.15, 0.2) is 0 Å². The Labute approximate surface area is 171 Å². The zero-order chi connectivity index (χ0) is 21.4. The maximum Gasteiger partial charge on any atom is 0.416 e. The first-order valence-electron chi connectivity index (χ1n) is 9.26. The van der Waals surface area contributed by atoms with Crippen LogP contribution in [0.5, 0.6) is 0 Å². The Hall–Kier alpha value is -3.26. The number of carbonyl (C=O) groups excluding carboxylic acids is 1. The van der Waals surface area contributed by atoms with E-state index < -0.39 is 11.7 Å². The summed E-state index contributed by atoms with van der Waals surface area (Å²) in [5, 5.41) is 5.45. The molecule has 0 radical (unpaired) electrons. The molecule has 3 aromatic rings. The molecule has 1 heterocycles. The third kappa shape index (κ3) is 6.66. The Morgan fingerprint density at radius 3 is 2.53 bits per heavy atom. The van der Waals surface area contributed by atoms with Crippen molar-refractivity contribution in [2.24, 2.45) is 0 Å². The number of anilines is 1. The molecule has 3 rings (SSSR count). The lowest BCUT2D eigenvalue weighted by Crippen LogP contribution is -2.29. The number of alkyl halides is 3. The van der Waals surface area contributed by atoms with E-state index in [-0.39, 0.29) is 18.1 Å². The smallest absolute Gasteiger partial charge is 0.416 e. The van der Waals surface area contributed by atoms with Crippen molar-refractivity contribution in [1.29, 1.82) is 0 Å². The molecule has 1 aromatic heterocycles. The van der Waals surface area contributed by atoms with Crippen molar-refractivity contribution >= 4 is 11.6 Å². The van der Waals surface area contributed by atoms with Crippen LogP contribution in [0, 0.1) is 0 Å². The highest BCUT2D eigenvalue weighted by Gasteiger charge is 2.30. The summed E-state index contributed by atoms with van der Waals surface area (Å²) >= 11 is 0. The fraction of sp³-hybridized carbons (Fsp3) is 0.227. The predicted octanol–water partition coefficient (Wildman–Crippen LogP) is 4.74. The van der Waals surface area contributed by atoms with Crippen LogP contribution >= 0.6 is 0 Å². The summed E-state index contributed by atoms with van der Waals surface area (Å²) in [4.78, 5) is 12.0. The van der Waals surface area contributed by atoms with Crippen LogP contribution in [0.4, 0.5) is 18.9 Å². The van der Waals surface area contributed by atoms with E-state index in [2.05, 4.69) is 10.6 Å². The number of furan rings is 1. The molecule has 0 saturated heterocycles. The largest absolute Gasteiger partial charge is 0.467 e. The van der Waals surface area contributed by atoms with Crippen LogP contribution in [-0.4, -0.2) is 12.5 Å². The van der Waals surface area contributed by atoms with Crippen LogP contribution < -0.4 is 10.6 Å². The standard InChI is InChI=1S/C22H21F3N2O3/c23-22(24,25)18-6-2-7-19(11-18)26-13-21(28)27-12-16-4-1-5-17(10-16)14-29-15-20-8-3-9-30-20/h1-11,26H,12-15H2,(H,27,28). The molecule has 0 aliphatic carbocycles. The van der Waals surface area contributed by atoms with Crippen molar-refractivity contribution < 1.29 is 27.1 Å². The van der Waals surface area contributed by atoms with E-state index in [0.717, 1.165) is 29.0 Å². The Balaban J connectivity index is 1.43. The van der Waals surface area contributed by atoms with Crippen molar-refractivity contribution in [3.63, 3.8) is 0 Å². The van der Waals surface area contributed by atoms with Gasteiger partial charge in [0, 0.05) is 12.2 Å². The molecule has 0 atom stereocenters. The van der Waals surface area contributed by atoms with Gasteiger partial charge in [-0.15, -0.1) is 0 Å². The van der Waals surface area contributed by atoms with E-state index in [1.54, 1.807) is 12.3 Å².